The van der Waals surface area contributed by atoms with Crippen molar-refractivity contribution in [3.8, 4) is 0 Å². The first-order valence-electron chi connectivity index (χ1n) is 5.59. The van der Waals surface area contributed by atoms with Crippen molar-refractivity contribution in [3.05, 3.63) is 40.2 Å². The van der Waals surface area contributed by atoms with Gasteiger partial charge in [-0.3, -0.25) is 9.78 Å². The molecule has 1 aromatic heterocycles. The molecule has 0 amide bonds. The number of benzene rings is 1. The van der Waals surface area contributed by atoms with E-state index in [1.165, 1.54) is 13.2 Å². The summed E-state index contributed by atoms with van der Waals surface area (Å²) in [6.45, 7) is 0. The molecule has 2 aromatic rings. The highest BCUT2D eigenvalue weighted by molar-refractivity contribution is 9.10. The number of nitrogens with zero attached hydrogens (tertiary/aromatic N) is 1. The molecule has 100 valence electrons. The smallest absolute Gasteiger partial charge is 0.322 e. The van der Waals surface area contributed by atoms with Gasteiger partial charge in [-0.25, -0.2) is 4.39 Å². The first kappa shape index (κ1) is 13.9. The second-order valence-corrected chi connectivity index (χ2v) is 4.94. The van der Waals surface area contributed by atoms with Crippen molar-refractivity contribution in [3.63, 3.8) is 0 Å². The Labute approximate surface area is 117 Å². The highest BCUT2D eigenvalue weighted by atomic mass is 79.9. The third-order valence-corrected chi connectivity index (χ3v) is 3.44. The van der Waals surface area contributed by atoms with E-state index in [-0.39, 0.29) is 6.42 Å². The average Bonchev–Trinajstić information content (AvgIpc) is 2.40. The van der Waals surface area contributed by atoms with Gasteiger partial charge >= 0.3 is 5.97 Å². The topological polar surface area (TPSA) is 65.2 Å². The van der Waals surface area contributed by atoms with Crippen molar-refractivity contribution in [1.29, 1.82) is 0 Å². The number of hydrogen-bond donors (Lipinski definition) is 1. The lowest BCUT2D eigenvalue weighted by Crippen LogP contribution is -2.33. The number of hydrogen-bond acceptors (Lipinski definition) is 4. The van der Waals surface area contributed by atoms with Gasteiger partial charge < -0.3 is 10.5 Å². The van der Waals surface area contributed by atoms with Crippen LogP contribution in [0.5, 0.6) is 0 Å². The van der Waals surface area contributed by atoms with E-state index in [1.54, 1.807) is 12.1 Å². The molecule has 19 heavy (non-hydrogen) atoms. The lowest BCUT2D eigenvalue weighted by molar-refractivity contribution is -0.142. The van der Waals surface area contributed by atoms with Crippen molar-refractivity contribution in [1.82, 2.24) is 4.98 Å². The average molecular weight is 327 g/mol. The van der Waals surface area contributed by atoms with Crippen LogP contribution in [0.15, 0.2) is 28.9 Å². The van der Waals surface area contributed by atoms with E-state index in [0.717, 1.165) is 16.2 Å². The van der Waals surface area contributed by atoms with Gasteiger partial charge in [0, 0.05) is 9.86 Å². The fourth-order valence-electron chi connectivity index (χ4n) is 1.87. The Bertz CT molecular complexity index is 633. The Morgan fingerprint density at radius 3 is 3.00 bits per heavy atom. The zero-order valence-corrected chi connectivity index (χ0v) is 11.8. The molecule has 0 radical (unpaired) electrons. The third kappa shape index (κ3) is 2.90. The van der Waals surface area contributed by atoms with E-state index in [1.807, 2.05) is 0 Å². The Morgan fingerprint density at radius 2 is 2.32 bits per heavy atom. The number of halogens is 2. The largest absolute Gasteiger partial charge is 0.468 e. The minimum Gasteiger partial charge on any atom is -0.468 e. The van der Waals surface area contributed by atoms with E-state index in [0.29, 0.717) is 10.9 Å². The number of fused-ring (bicyclic) bond motifs is 1. The maximum absolute atomic E-state index is 13.3. The van der Waals surface area contributed by atoms with Crippen LogP contribution in [0.1, 0.15) is 5.56 Å². The molecule has 1 atom stereocenters. The number of carbonyl (C=O) groups is 1. The van der Waals surface area contributed by atoms with E-state index >= 15 is 0 Å². The van der Waals surface area contributed by atoms with E-state index < -0.39 is 17.8 Å². The van der Waals surface area contributed by atoms with Crippen molar-refractivity contribution in [2.45, 2.75) is 12.5 Å². The van der Waals surface area contributed by atoms with Gasteiger partial charge in [0.1, 0.15) is 11.9 Å². The van der Waals surface area contributed by atoms with E-state index in [4.69, 9.17) is 5.73 Å². The summed E-state index contributed by atoms with van der Waals surface area (Å²) in [6, 6.07) is 4.19. The predicted octanol–water partition coefficient (Wildman–Crippen LogP) is 2.18. The molecule has 0 aliphatic rings. The van der Waals surface area contributed by atoms with Gasteiger partial charge in [0.2, 0.25) is 0 Å². The van der Waals surface area contributed by atoms with Crippen LogP contribution in [-0.4, -0.2) is 24.1 Å². The molecule has 0 saturated heterocycles. The lowest BCUT2D eigenvalue weighted by atomic mass is 10.0. The van der Waals surface area contributed by atoms with Crippen LogP contribution in [-0.2, 0) is 16.0 Å². The molecule has 0 saturated carbocycles. The van der Waals surface area contributed by atoms with Crippen LogP contribution < -0.4 is 5.73 Å². The zero-order valence-electron chi connectivity index (χ0n) is 10.2. The van der Waals surface area contributed by atoms with Gasteiger partial charge in [0.15, 0.2) is 0 Å². The van der Waals surface area contributed by atoms with Crippen LogP contribution in [0.2, 0.25) is 0 Å². The van der Waals surface area contributed by atoms with Crippen LogP contribution in [0.3, 0.4) is 0 Å². The molecule has 0 fully saturated rings. The zero-order chi connectivity index (χ0) is 14.0. The summed E-state index contributed by atoms with van der Waals surface area (Å²) in [5.74, 6) is -0.932. The summed E-state index contributed by atoms with van der Waals surface area (Å²) in [7, 11) is 1.28. The Balaban J connectivity index is 2.46. The number of carbonyl (C=O) groups excluding carboxylic acids is 1. The molecule has 2 N–H and O–H groups in total. The summed E-state index contributed by atoms with van der Waals surface area (Å²) < 4.78 is 18.7. The first-order chi connectivity index (χ1) is 9.02. The summed E-state index contributed by atoms with van der Waals surface area (Å²) in [6.07, 6.45) is 1.42. The number of esters is 1. The van der Waals surface area contributed by atoms with Gasteiger partial charge in [-0.1, -0.05) is 6.07 Å². The minimum absolute atomic E-state index is 0.265. The second kappa shape index (κ2) is 5.63. The Hall–Kier alpha value is -1.53. The number of methoxy groups -OCH3 is 1. The van der Waals surface area contributed by atoms with Crippen LogP contribution >= 0.6 is 15.9 Å². The molecule has 6 heteroatoms. The van der Waals surface area contributed by atoms with Gasteiger partial charge in [-0.2, -0.15) is 0 Å². The molecule has 2 rings (SSSR count). The van der Waals surface area contributed by atoms with Crippen molar-refractivity contribution >= 4 is 32.8 Å². The fraction of sp³-hybridized carbons (Fsp3) is 0.231. The molecule has 0 spiro atoms. The molecule has 4 nitrogen and oxygen atoms in total. The van der Waals surface area contributed by atoms with Crippen molar-refractivity contribution < 1.29 is 13.9 Å². The number of pyridine rings is 1. The SMILES string of the molecule is COC(=O)[C@@H](N)Cc1ccc(Br)c2ncc(F)cc12. The molecular weight excluding hydrogens is 315 g/mol. The number of nitrogens with two attached hydrogens (primary N) is 1. The second-order valence-electron chi connectivity index (χ2n) is 4.09. The summed E-state index contributed by atoms with van der Waals surface area (Å²) in [5, 5.41) is 0.633. The molecule has 1 aromatic carbocycles. The highest BCUT2D eigenvalue weighted by Gasteiger charge is 2.16. The van der Waals surface area contributed by atoms with Gasteiger partial charge in [-0.05, 0) is 40.0 Å². The molecule has 0 bridgehead atoms. The maximum atomic E-state index is 13.3. The van der Waals surface area contributed by atoms with Gasteiger partial charge in [-0.15, -0.1) is 0 Å². The molecule has 0 aliphatic heterocycles. The van der Waals surface area contributed by atoms with Gasteiger partial charge in [0.25, 0.3) is 0 Å². The fourth-order valence-corrected chi connectivity index (χ4v) is 2.31. The quantitative estimate of drug-likeness (QED) is 0.878. The van der Waals surface area contributed by atoms with Crippen LogP contribution in [0.25, 0.3) is 10.9 Å². The molecule has 0 unspecified atom stereocenters. The predicted molar refractivity (Wildman–Crippen MR) is 73.1 cm³/mol. The monoisotopic (exact) mass is 326 g/mol. The number of aromatic nitrogens is 1. The minimum atomic E-state index is -0.780. The highest BCUT2D eigenvalue weighted by Crippen LogP contribution is 2.26. The first-order valence-corrected chi connectivity index (χ1v) is 6.38. The van der Waals surface area contributed by atoms with Crippen molar-refractivity contribution in [2.24, 2.45) is 5.73 Å². The lowest BCUT2D eigenvalue weighted by Gasteiger charge is -2.12. The normalized spacial score (nSPS) is 12.4. The molecular formula is C13H12BrFN2O2. The Kier molecular flexibility index (Phi) is 4.11. The number of ether oxygens (including phenoxy) is 1. The van der Waals surface area contributed by atoms with E-state index in [9.17, 15) is 9.18 Å². The van der Waals surface area contributed by atoms with E-state index in [2.05, 4.69) is 25.7 Å². The summed E-state index contributed by atoms with van der Waals surface area (Å²) in [5.41, 5.74) is 7.11. The summed E-state index contributed by atoms with van der Waals surface area (Å²) in [4.78, 5) is 15.4. The van der Waals surface area contributed by atoms with Crippen LogP contribution in [0, 0.1) is 5.82 Å². The number of rotatable bonds is 3. The maximum Gasteiger partial charge on any atom is 0.322 e. The standard InChI is InChI=1S/C13H12BrFN2O2/c1-19-13(18)11(16)4-7-2-3-10(14)12-9(7)5-8(15)6-17-12/h2-3,5-6,11H,4,16H2,1H3/t11-/m0/s1. The third-order valence-electron chi connectivity index (χ3n) is 2.80. The molecule has 0 aliphatic carbocycles. The summed E-state index contributed by atoms with van der Waals surface area (Å²) >= 11 is 3.36. The van der Waals surface area contributed by atoms with Crippen molar-refractivity contribution in [2.75, 3.05) is 7.11 Å². The Morgan fingerprint density at radius 1 is 1.58 bits per heavy atom. The van der Waals surface area contributed by atoms with Gasteiger partial charge in [0.05, 0.1) is 18.8 Å². The van der Waals surface area contributed by atoms with Crippen LogP contribution in [0.4, 0.5) is 4.39 Å². The molecule has 1 heterocycles.